The molecule has 0 fully saturated rings. The smallest absolute Gasteiger partial charge is 0.211 e. The van der Waals surface area contributed by atoms with Gasteiger partial charge in [0.25, 0.3) is 0 Å². The van der Waals surface area contributed by atoms with Gasteiger partial charge in [-0.1, -0.05) is 24.3 Å². The van der Waals surface area contributed by atoms with Crippen molar-refractivity contribution < 1.29 is 4.74 Å². The highest BCUT2D eigenvalue weighted by Crippen LogP contribution is 2.30. The van der Waals surface area contributed by atoms with Crippen molar-refractivity contribution >= 4 is 34.4 Å². The molecule has 5 rings (SSSR count). The predicted molar refractivity (Wildman–Crippen MR) is 129 cm³/mol. The summed E-state index contributed by atoms with van der Waals surface area (Å²) in [6.45, 7) is 4.18. The Balaban J connectivity index is 1.43. The lowest BCUT2D eigenvalue weighted by atomic mass is 10.3. The molecule has 8 nitrogen and oxygen atoms in total. The zero-order valence-electron chi connectivity index (χ0n) is 18.3. The van der Waals surface area contributed by atoms with E-state index in [9.17, 15) is 0 Å². The summed E-state index contributed by atoms with van der Waals surface area (Å²) in [5.41, 5.74) is 2.29. The second kappa shape index (κ2) is 8.96. The molecule has 0 unspecified atom stereocenters. The first-order chi connectivity index (χ1) is 16.2. The molecular weight excluding hydrogens is 414 g/mol. The first-order valence-corrected chi connectivity index (χ1v) is 10.7. The Morgan fingerprint density at radius 3 is 2.27 bits per heavy atom. The van der Waals surface area contributed by atoms with Gasteiger partial charge in [0.15, 0.2) is 17.0 Å². The second-order valence-electron chi connectivity index (χ2n) is 7.70. The van der Waals surface area contributed by atoms with Crippen LogP contribution in [0.15, 0.2) is 85.3 Å². The molecule has 5 aromatic rings. The number of para-hydroxylation sites is 1. The van der Waals surface area contributed by atoms with Gasteiger partial charge in [0.2, 0.25) is 5.95 Å². The normalized spacial score (nSPS) is 11.0. The summed E-state index contributed by atoms with van der Waals surface area (Å²) in [4.78, 5) is 18.1. The number of fused-ring (bicyclic) bond motifs is 1. The molecule has 3 aromatic heterocycles. The molecule has 0 amide bonds. The molecule has 3 heterocycles. The van der Waals surface area contributed by atoms with E-state index in [-0.39, 0.29) is 6.04 Å². The Hall–Kier alpha value is -4.46. The number of anilines is 4. The van der Waals surface area contributed by atoms with E-state index in [4.69, 9.17) is 9.72 Å². The van der Waals surface area contributed by atoms with E-state index in [1.165, 1.54) is 0 Å². The van der Waals surface area contributed by atoms with Gasteiger partial charge in [0.05, 0.1) is 0 Å². The van der Waals surface area contributed by atoms with Gasteiger partial charge in [0, 0.05) is 17.9 Å². The predicted octanol–water partition coefficient (Wildman–Crippen LogP) is 6.08. The number of hydrogen-bond acceptors (Lipinski definition) is 7. The fourth-order valence-electron chi connectivity index (χ4n) is 3.50. The van der Waals surface area contributed by atoms with E-state index >= 15 is 0 Å². The van der Waals surface area contributed by atoms with Gasteiger partial charge in [0.1, 0.15) is 23.6 Å². The number of benzene rings is 2. The Morgan fingerprint density at radius 2 is 1.55 bits per heavy atom. The first-order valence-electron chi connectivity index (χ1n) is 10.7. The molecule has 0 aliphatic rings. The van der Waals surface area contributed by atoms with E-state index in [1.54, 1.807) is 12.5 Å². The van der Waals surface area contributed by atoms with E-state index in [0.717, 1.165) is 22.8 Å². The largest absolute Gasteiger partial charge is 0.457 e. The van der Waals surface area contributed by atoms with Crippen LogP contribution in [0.5, 0.6) is 11.5 Å². The maximum atomic E-state index is 5.87. The fraction of sp³-hybridized carbons (Fsp3) is 0.120. The third-order valence-corrected chi connectivity index (χ3v) is 4.99. The zero-order chi connectivity index (χ0) is 22.6. The summed E-state index contributed by atoms with van der Waals surface area (Å²) in [7, 11) is 0. The Morgan fingerprint density at radius 1 is 0.788 bits per heavy atom. The molecule has 164 valence electrons. The van der Waals surface area contributed by atoms with Gasteiger partial charge in [-0.05, 0) is 62.4 Å². The summed E-state index contributed by atoms with van der Waals surface area (Å²) in [6.07, 6.45) is 3.28. The number of imidazole rings is 1. The van der Waals surface area contributed by atoms with Gasteiger partial charge in [-0.15, -0.1) is 0 Å². The van der Waals surface area contributed by atoms with Crippen molar-refractivity contribution in [1.29, 1.82) is 0 Å². The van der Waals surface area contributed by atoms with Crippen LogP contribution in [0.3, 0.4) is 0 Å². The van der Waals surface area contributed by atoms with Gasteiger partial charge in [-0.3, -0.25) is 4.57 Å². The van der Waals surface area contributed by atoms with Crippen molar-refractivity contribution in [2.45, 2.75) is 19.9 Å². The van der Waals surface area contributed by atoms with Crippen LogP contribution in [0, 0.1) is 0 Å². The van der Waals surface area contributed by atoms with Crippen molar-refractivity contribution in [3.8, 4) is 11.5 Å². The van der Waals surface area contributed by atoms with Crippen molar-refractivity contribution in [1.82, 2.24) is 24.5 Å². The Bertz CT molecular complexity index is 1350. The Labute approximate surface area is 191 Å². The van der Waals surface area contributed by atoms with Crippen molar-refractivity contribution in [3.05, 3.63) is 85.3 Å². The number of pyridine rings is 1. The standard InChI is InChI=1S/C25H23N7O/c1-17(2)32-24-22(31-25(32)30-21-10-6-7-15-26-21)23(27-16-28-24)29-18-11-13-20(14-12-18)33-19-8-4-3-5-9-19/h3-17H,1-2H3,(H,26,30,31)(H,27,28,29). The average molecular weight is 438 g/mol. The molecular formula is C25H23N7O. The molecule has 0 atom stereocenters. The lowest BCUT2D eigenvalue weighted by Gasteiger charge is -2.13. The van der Waals surface area contributed by atoms with Crippen molar-refractivity contribution in [2.24, 2.45) is 0 Å². The van der Waals surface area contributed by atoms with Crippen LogP contribution in [0.2, 0.25) is 0 Å². The lowest BCUT2D eigenvalue weighted by molar-refractivity contribution is 0.483. The van der Waals surface area contributed by atoms with Gasteiger partial charge in [-0.25, -0.2) is 19.9 Å². The lowest BCUT2D eigenvalue weighted by Crippen LogP contribution is -2.07. The average Bonchev–Trinajstić information content (AvgIpc) is 3.21. The summed E-state index contributed by atoms with van der Waals surface area (Å²) < 4.78 is 7.91. The molecule has 0 aliphatic carbocycles. The van der Waals surface area contributed by atoms with Crippen LogP contribution in [0.4, 0.5) is 23.3 Å². The SMILES string of the molecule is CC(C)n1c(Nc2ccccn2)nc2c(Nc3ccc(Oc4ccccc4)cc3)ncnc21. The number of hydrogen-bond donors (Lipinski definition) is 2. The van der Waals surface area contributed by atoms with Crippen LogP contribution in [0.25, 0.3) is 11.2 Å². The monoisotopic (exact) mass is 437 g/mol. The van der Waals surface area contributed by atoms with Crippen molar-refractivity contribution in [2.75, 3.05) is 10.6 Å². The van der Waals surface area contributed by atoms with Gasteiger partial charge in [-0.2, -0.15) is 0 Å². The van der Waals surface area contributed by atoms with E-state index in [0.29, 0.717) is 23.1 Å². The quantitative estimate of drug-likeness (QED) is 0.319. The molecule has 33 heavy (non-hydrogen) atoms. The minimum atomic E-state index is 0.137. The van der Waals surface area contributed by atoms with Crippen LogP contribution in [-0.2, 0) is 0 Å². The van der Waals surface area contributed by atoms with Gasteiger partial charge >= 0.3 is 0 Å². The molecule has 2 N–H and O–H groups in total. The summed E-state index contributed by atoms with van der Waals surface area (Å²) >= 11 is 0. The molecule has 0 radical (unpaired) electrons. The van der Waals surface area contributed by atoms with E-state index in [2.05, 4.69) is 39.4 Å². The molecule has 0 saturated heterocycles. The van der Waals surface area contributed by atoms with Gasteiger partial charge < -0.3 is 15.4 Å². The second-order valence-corrected chi connectivity index (χ2v) is 7.70. The molecule has 0 saturated carbocycles. The van der Waals surface area contributed by atoms with Crippen molar-refractivity contribution in [3.63, 3.8) is 0 Å². The minimum Gasteiger partial charge on any atom is -0.457 e. The van der Waals surface area contributed by atoms with E-state index < -0.39 is 0 Å². The molecule has 2 aromatic carbocycles. The third kappa shape index (κ3) is 4.45. The molecule has 0 bridgehead atoms. The molecule has 0 aliphatic heterocycles. The maximum absolute atomic E-state index is 5.87. The minimum absolute atomic E-state index is 0.137. The number of ether oxygens (including phenoxy) is 1. The van der Waals surface area contributed by atoms with E-state index in [1.807, 2.05) is 77.4 Å². The summed E-state index contributed by atoms with van der Waals surface area (Å²) in [6, 6.07) is 23.2. The highest BCUT2D eigenvalue weighted by Gasteiger charge is 2.18. The molecule has 0 spiro atoms. The number of aromatic nitrogens is 5. The van der Waals surface area contributed by atoms with Crippen LogP contribution >= 0.6 is 0 Å². The zero-order valence-corrected chi connectivity index (χ0v) is 18.3. The maximum Gasteiger partial charge on any atom is 0.211 e. The fourth-order valence-corrected chi connectivity index (χ4v) is 3.50. The Kier molecular flexibility index (Phi) is 5.55. The highest BCUT2D eigenvalue weighted by molar-refractivity contribution is 5.87. The third-order valence-electron chi connectivity index (χ3n) is 4.99. The number of rotatable bonds is 7. The summed E-state index contributed by atoms with van der Waals surface area (Å²) in [5.74, 6) is 3.55. The topological polar surface area (TPSA) is 89.8 Å². The first kappa shape index (κ1) is 20.4. The van der Waals surface area contributed by atoms with Crippen LogP contribution in [0.1, 0.15) is 19.9 Å². The number of nitrogens with zero attached hydrogens (tertiary/aromatic N) is 5. The van der Waals surface area contributed by atoms with Crippen LogP contribution in [-0.4, -0.2) is 24.5 Å². The molecule has 8 heteroatoms. The summed E-state index contributed by atoms with van der Waals surface area (Å²) in [5, 5.41) is 6.65. The number of nitrogens with one attached hydrogen (secondary N) is 2. The highest BCUT2D eigenvalue weighted by atomic mass is 16.5. The van der Waals surface area contributed by atoms with Crippen LogP contribution < -0.4 is 15.4 Å².